The zero-order valence-electron chi connectivity index (χ0n) is 11.4. The number of hydrogen-bond acceptors (Lipinski definition) is 2. The first-order valence-electron chi connectivity index (χ1n) is 6.17. The van der Waals surface area contributed by atoms with Gasteiger partial charge in [-0.25, -0.2) is 8.78 Å². The first-order chi connectivity index (χ1) is 8.73. The van der Waals surface area contributed by atoms with E-state index in [1.807, 2.05) is 0 Å². The molecule has 0 aliphatic carbocycles. The van der Waals surface area contributed by atoms with Crippen LogP contribution in [-0.4, -0.2) is 34.6 Å². The molecule has 3 nitrogen and oxygen atoms in total. The van der Waals surface area contributed by atoms with Crippen LogP contribution in [0.25, 0.3) is 0 Å². The Hall–Kier alpha value is -1.49. The van der Waals surface area contributed by atoms with E-state index < -0.39 is 17.2 Å². The van der Waals surface area contributed by atoms with Gasteiger partial charge in [0, 0.05) is 19.2 Å². The number of rotatable bonds is 5. The van der Waals surface area contributed by atoms with Crippen LogP contribution in [-0.2, 0) is 11.2 Å². The van der Waals surface area contributed by atoms with E-state index in [1.54, 1.807) is 20.8 Å². The summed E-state index contributed by atoms with van der Waals surface area (Å²) in [5, 5.41) is 9.71. The number of likely N-dealkylation sites (N-methyl/N-ethyl adjacent to an activating group) is 1. The van der Waals surface area contributed by atoms with Crippen molar-refractivity contribution in [3.05, 3.63) is 35.4 Å². The zero-order chi connectivity index (χ0) is 14.6. The van der Waals surface area contributed by atoms with E-state index in [2.05, 4.69) is 0 Å². The highest BCUT2D eigenvalue weighted by molar-refractivity contribution is 5.78. The normalized spacial score (nSPS) is 11.5. The van der Waals surface area contributed by atoms with Crippen LogP contribution >= 0.6 is 0 Å². The van der Waals surface area contributed by atoms with Gasteiger partial charge in [0.2, 0.25) is 5.91 Å². The first kappa shape index (κ1) is 15.6. The molecule has 1 N–H and O–H groups in total. The van der Waals surface area contributed by atoms with Crippen LogP contribution in [0.2, 0.25) is 0 Å². The van der Waals surface area contributed by atoms with Crippen LogP contribution in [0.4, 0.5) is 8.78 Å². The van der Waals surface area contributed by atoms with Gasteiger partial charge in [-0.1, -0.05) is 6.07 Å². The lowest BCUT2D eigenvalue weighted by molar-refractivity contribution is -0.133. The van der Waals surface area contributed by atoms with Gasteiger partial charge in [0.1, 0.15) is 11.6 Å². The number of nitrogens with zero attached hydrogens (tertiary/aromatic N) is 1. The van der Waals surface area contributed by atoms with Gasteiger partial charge in [-0.2, -0.15) is 0 Å². The number of aliphatic hydroxyl groups is 1. The minimum atomic E-state index is -1.01. The van der Waals surface area contributed by atoms with Crippen molar-refractivity contribution in [1.29, 1.82) is 0 Å². The van der Waals surface area contributed by atoms with Gasteiger partial charge in [0.05, 0.1) is 12.0 Å². The van der Waals surface area contributed by atoms with Crippen LogP contribution in [0.3, 0.4) is 0 Å². The fraction of sp³-hybridized carbons (Fsp3) is 0.500. The molecule has 1 rings (SSSR count). The number of halogens is 2. The smallest absolute Gasteiger partial charge is 0.227 e. The predicted octanol–water partition coefficient (Wildman–Crippen LogP) is 2.13. The Labute approximate surface area is 111 Å². The Balaban J connectivity index is 2.77. The second-order valence-electron chi connectivity index (χ2n) is 5.13. The highest BCUT2D eigenvalue weighted by Crippen LogP contribution is 2.13. The molecule has 0 saturated carbocycles. The molecule has 106 valence electrons. The van der Waals surface area contributed by atoms with Crippen LogP contribution in [0.15, 0.2) is 18.2 Å². The molecule has 0 aliphatic heterocycles. The summed E-state index contributed by atoms with van der Waals surface area (Å²) in [4.78, 5) is 13.5. The number of carbonyl (C=O) groups is 1. The van der Waals surface area contributed by atoms with Crippen molar-refractivity contribution in [3.8, 4) is 0 Å². The molecule has 0 atom stereocenters. The Morgan fingerprint density at radius 3 is 2.47 bits per heavy atom. The van der Waals surface area contributed by atoms with E-state index >= 15 is 0 Å². The molecule has 19 heavy (non-hydrogen) atoms. The fourth-order valence-corrected chi connectivity index (χ4v) is 1.78. The largest absolute Gasteiger partial charge is 0.389 e. The molecule has 0 radical (unpaired) electrons. The van der Waals surface area contributed by atoms with E-state index in [4.69, 9.17) is 0 Å². The van der Waals surface area contributed by atoms with Crippen molar-refractivity contribution in [2.24, 2.45) is 0 Å². The zero-order valence-corrected chi connectivity index (χ0v) is 11.4. The third kappa shape index (κ3) is 4.95. The summed E-state index contributed by atoms with van der Waals surface area (Å²) in [6.45, 7) is 5.57. The van der Waals surface area contributed by atoms with Crippen LogP contribution in [0.1, 0.15) is 26.3 Å². The van der Waals surface area contributed by atoms with E-state index in [1.165, 1.54) is 11.0 Å². The molecular weight excluding hydrogens is 252 g/mol. The van der Waals surface area contributed by atoms with Crippen molar-refractivity contribution in [2.75, 3.05) is 13.1 Å². The Kier molecular flexibility index (Phi) is 5.00. The highest BCUT2D eigenvalue weighted by atomic mass is 19.1. The molecule has 1 aromatic carbocycles. The molecule has 0 saturated heterocycles. The van der Waals surface area contributed by atoms with Crippen molar-refractivity contribution in [1.82, 2.24) is 4.90 Å². The molecule has 0 aromatic heterocycles. The molecule has 0 bridgehead atoms. The molecule has 5 heteroatoms. The third-order valence-electron chi connectivity index (χ3n) is 2.67. The summed E-state index contributed by atoms with van der Waals surface area (Å²) in [6, 6.07) is 3.15. The number of amides is 1. The maximum atomic E-state index is 13.5. The van der Waals surface area contributed by atoms with Crippen molar-refractivity contribution in [2.45, 2.75) is 32.8 Å². The lowest BCUT2D eigenvalue weighted by Crippen LogP contribution is -2.42. The monoisotopic (exact) mass is 271 g/mol. The molecule has 0 spiro atoms. The van der Waals surface area contributed by atoms with Gasteiger partial charge < -0.3 is 10.0 Å². The average Bonchev–Trinajstić information content (AvgIpc) is 2.28. The van der Waals surface area contributed by atoms with Gasteiger partial charge >= 0.3 is 0 Å². The van der Waals surface area contributed by atoms with Crippen molar-refractivity contribution < 1.29 is 18.7 Å². The summed E-state index contributed by atoms with van der Waals surface area (Å²) in [5.41, 5.74) is -0.854. The average molecular weight is 271 g/mol. The Morgan fingerprint density at radius 1 is 1.37 bits per heavy atom. The molecule has 1 aromatic rings. The second-order valence-corrected chi connectivity index (χ2v) is 5.13. The molecular formula is C14H19F2NO2. The number of carbonyl (C=O) groups excluding carboxylic acids is 1. The lowest BCUT2D eigenvalue weighted by atomic mass is 10.1. The summed E-state index contributed by atoms with van der Waals surface area (Å²) < 4.78 is 26.2. The van der Waals surface area contributed by atoms with Gasteiger partial charge in [-0.3, -0.25) is 4.79 Å². The maximum absolute atomic E-state index is 13.5. The molecule has 1 amide bonds. The van der Waals surface area contributed by atoms with Crippen LogP contribution in [0.5, 0.6) is 0 Å². The van der Waals surface area contributed by atoms with Crippen LogP contribution in [0, 0.1) is 11.6 Å². The van der Waals surface area contributed by atoms with Crippen molar-refractivity contribution >= 4 is 5.91 Å². The summed E-state index contributed by atoms with van der Waals surface area (Å²) in [6.07, 6.45) is -0.143. The Bertz CT molecular complexity index is 455. The van der Waals surface area contributed by atoms with E-state index in [9.17, 15) is 18.7 Å². The second kappa shape index (κ2) is 6.10. The minimum Gasteiger partial charge on any atom is -0.389 e. The van der Waals surface area contributed by atoms with Gasteiger partial charge in [0.15, 0.2) is 0 Å². The molecule has 0 unspecified atom stereocenters. The van der Waals surface area contributed by atoms with Crippen molar-refractivity contribution in [3.63, 3.8) is 0 Å². The number of benzene rings is 1. The van der Waals surface area contributed by atoms with Gasteiger partial charge in [-0.05, 0) is 32.4 Å². The molecule has 0 heterocycles. The van der Waals surface area contributed by atoms with Gasteiger partial charge in [-0.15, -0.1) is 0 Å². The summed E-state index contributed by atoms with van der Waals surface area (Å²) >= 11 is 0. The minimum absolute atomic E-state index is 0.143. The standard InChI is InChI=1S/C14H19F2NO2/c1-4-17(9-14(2,3)19)13(18)7-10-5-6-11(15)8-12(10)16/h5-6,8,19H,4,7,9H2,1-3H3. The lowest BCUT2D eigenvalue weighted by Gasteiger charge is -2.28. The summed E-state index contributed by atoms with van der Waals surface area (Å²) in [7, 11) is 0. The van der Waals surface area contributed by atoms with Gasteiger partial charge in [0.25, 0.3) is 0 Å². The fourth-order valence-electron chi connectivity index (χ4n) is 1.78. The quantitative estimate of drug-likeness (QED) is 0.891. The number of hydrogen-bond donors (Lipinski definition) is 1. The summed E-state index contributed by atoms with van der Waals surface area (Å²) in [5.74, 6) is -1.69. The third-order valence-corrected chi connectivity index (χ3v) is 2.67. The first-order valence-corrected chi connectivity index (χ1v) is 6.17. The predicted molar refractivity (Wildman–Crippen MR) is 68.6 cm³/mol. The Morgan fingerprint density at radius 2 is 2.00 bits per heavy atom. The topological polar surface area (TPSA) is 40.5 Å². The highest BCUT2D eigenvalue weighted by Gasteiger charge is 2.22. The van der Waals surface area contributed by atoms with Crippen LogP contribution < -0.4 is 0 Å². The van der Waals surface area contributed by atoms with E-state index in [0.29, 0.717) is 6.54 Å². The van der Waals surface area contributed by atoms with E-state index in [0.717, 1.165) is 12.1 Å². The SMILES string of the molecule is CCN(CC(C)(C)O)C(=O)Cc1ccc(F)cc1F. The molecule has 0 fully saturated rings. The van der Waals surface area contributed by atoms with E-state index in [-0.39, 0.29) is 24.4 Å². The maximum Gasteiger partial charge on any atom is 0.227 e. The molecule has 0 aliphatic rings.